The van der Waals surface area contributed by atoms with E-state index >= 15 is 0 Å². The quantitative estimate of drug-likeness (QED) is 0.0751. The number of allylic oxidation sites excluding steroid dienone is 1. The Morgan fingerprint density at radius 3 is 2.47 bits per heavy atom. The van der Waals surface area contributed by atoms with Crippen molar-refractivity contribution in [2.75, 3.05) is 33.9 Å². The lowest BCUT2D eigenvalue weighted by atomic mass is 9.85. The molecule has 58 heavy (non-hydrogen) atoms. The van der Waals surface area contributed by atoms with Gasteiger partial charge in [-0.25, -0.2) is 5.43 Å². The molecule has 3 aromatic rings. The van der Waals surface area contributed by atoms with Gasteiger partial charge in [-0.05, 0) is 91.6 Å². The summed E-state index contributed by atoms with van der Waals surface area (Å²) >= 11 is 0. The molecular weight excluding hydrogens is 737 g/mol. The van der Waals surface area contributed by atoms with Crippen LogP contribution in [0.3, 0.4) is 0 Å². The Hall–Kier alpha value is -5.27. The van der Waals surface area contributed by atoms with Crippen LogP contribution in [0.1, 0.15) is 78.1 Å². The summed E-state index contributed by atoms with van der Waals surface area (Å²) in [5.74, 6) is -1.26. The van der Waals surface area contributed by atoms with Gasteiger partial charge in [0.05, 0.1) is 18.4 Å². The molecule has 1 fully saturated rings. The zero-order chi connectivity index (χ0) is 42.7. The van der Waals surface area contributed by atoms with Crippen LogP contribution >= 0.6 is 0 Å². The third-order valence-corrected chi connectivity index (χ3v) is 10.5. The molecule has 0 saturated carbocycles. The topological polar surface area (TPSA) is 155 Å². The number of methoxy groups -OCH3 is 1. The summed E-state index contributed by atoms with van der Waals surface area (Å²) < 4.78 is 13.4. The Labute approximate surface area is 343 Å². The van der Waals surface area contributed by atoms with Crippen LogP contribution in [0.5, 0.6) is 5.75 Å². The van der Waals surface area contributed by atoms with E-state index in [0.29, 0.717) is 43.7 Å². The second kappa shape index (κ2) is 20.4. The molecule has 2 aromatic carbocycles. The number of nitrogens with zero attached hydrogens (tertiary/aromatic N) is 4. The molecule has 3 N–H and O–H groups in total. The number of benzene rings is 2. The number of phenols is 1. The fourth-order valence-corrected chi connectivity index (χ4v) is 7.54. The standard InChI is InChI=1S/C45H62N6O7/c1-11-17-46-38(30(5)57-10)25-41-37(26-45(7,8)27-58-31(6)53)36-24-33(15-16-40(36)50(41)12-2)34-20-32(21-35(54)23-34)22-39(44(56)51-19-14-13-18-47-51)48-43(55)42(29(3)4)49(9)28-52/h11,15-17,20-21,23-25,28-30,39,42,47,54H,1,12-14,18-19,22,26-27H2,2-10H3,(H,48,55)/b38-25+,46-17?. The number of hydrogen-bond donors (Lipinski definition) is 3. The first-order chi connectivity index (χ1) is 27.5. The largest absolute Gasteiger partial charge is 0.508 e. The van der Waals surface area contributed by atoms with Crippen LogP contribution in [0.15, 0.2) is 59.7 Å². The number of aryl methyl sites for hydroxylation is 1. The molecule has 0 spiro atoms. The van der Waals surface area contributed by atoms with Gasteiger partial charge in [-0.15, -0.1) is 0 Å². The number of hydrogen-bond acceptors (Lipinski definition) is 9. The summed E-state index contributed by atoms with van der Waals surface area (Å²) in [5.41, 5.74) is 8.62. The number of esters is 1. The number of carbonyl (C=O) groups is 4. The van der Waals surface area contributed by atoms with Gasteiger partial charge in [-0.1, -0.05) is 52.5 Å². The molecule has 0 aliphatic carbocycles. The van der Waals surface area contributed by atoms with E-state index in [9.17, 15) is 24.3 Å². The van der Waals surface area contributed by atoms with Crippen molar-refractivity contribution in [3.63, 3.8) is 0 Å². The maximum atomic E-state index is 14.0. The molecule has 3 unspecified atom stereocenters. The Kier molecular flexibility index (Phi) is 16.0. The molecule has 1 aromatic heterocycles. The minimum atomic E-state index is -0.969. The second-order valence-electron chi connectivity index (χ2n) is 16.1. The molecule has 4 rings (SSSR count). The monoisotopic (exact) mass is 798 g/mol. The van der Waals surface area contributed by atoms with E-state index in [-0.39, 0.29) is 42.7 Å². The van der Waals surface area contributed by atoms with E-state index in [1.54, 1.807) is 43.6 Å². The average molecular weight is 799 g/mol. The van der Waals surface area contributed by atoms with E-state index in [0.717, 1.165) is 46.1 Å². The van der Waals surface area contributed by atoms with Crippen molar-refractivity contribution in [3.05, 3.63) is 71.6 Å². The van der Waals surface area contributed by atoms with Crippen LogP contribution in [0.2, 0.25) is 0 Å². The zero-order valence-corrected chi connectivity index (χ0v) is 35.6. The van der Waals surface area contributed by atoms with Crippen molar-refractivity contribution in [3.8, 4) is 16.9 Å². The lowest BCUT2D eigenvalue weighted by Crippen LogP contribution is -2.58. The summed E-state index contributed by atoms with van der Waals surface area (Å²) in [7, 11) is 3.19. The van der Waals surface area contributed by atoms with Crippen molar-refractivity contribution in [1.29, 1.82) is 0 Å². The number of aromatic nitrogens is 1. The SMILES string of the molecule is C=CC=N/C(=C/c1c(CC(C)(C)COC(C)=O)c2cc(-c3cc(O)cc(CC(NC(=O)C(C(C)C)N(C)C=O)C(=O)N4CCCCN4)c3)ccc2n1CC)C(C)OC. The second-order valence-corrected chi connectivity index (χ2v) is 16.1. The fourth-order valence-electron chi connectivity index (χ4n) is 7.54. The maximum Gasteiger partial charge on any atom is 0.302 e. The Morgan fingerprint density at radius 1 is 1.12 bits per heavy atom. The van der Waals surface area contributed by atoms with Crippen LogP contribution in [0.4, 0.5) is 0 Å². The summed E-state index contributed by atoms with van der Waals surface area (Å²) in [6, 6.07) is 9.65. The van der Waals surface area contributed by atoms with Gasteiger partial charge in [-0.3, -0.25) is 29.2 Å². The number of phenolic OH excluding ortho intramolecular Hbond substituents is 1. The van der Waals surface area contributed by atoms with Gasteiger partial charge in [-0.2, -0.15) is 0 Å². The van der Waals surface area contributed by atoms with E-state index < -0.39 is 23.4 Å². The summed E-state index contributed by atoms with van der Waals surface area (Å²) in [6.45, 7) is 19.1. The normalized spacial score (nSPS) is 15.3. The number of likely N-dealkylation sites (N-methyl/N-ethyl adjacent to an activating group) is 1. The average Bonchev–Trinajstić information content (AvgIpc) is 3.47. The number of hydrazine groups is 1. The van der Waals surface area contributed by atoms with Gasteiger partial charge in [0.2, 0.25) is 12.3 Å². The lowest BCUT2D eigenvalue weighted by molar-refractivity contribution is -0.144. The molecule has 314 valence electrons. The van der Waals surface area contributed by atoms with Gasteiger partial charge >= 0.3 is 5.97 Å². The highest BCUT2D eigenvalue weighted by molar-refractivity contribution is 5.93. The predicted molar refractivity (Wildman–Crippen MR) is 229 cm³/mol. The van der Waals surface area contributed by atoms with Crippen LogP contribution in [0, 0.1) is 11.3 Å². The van der Waals surface area contributed by atoms with Gasteiger partial charge < -0.3 is 29.4 Å². The Morgan fingerprint density at radius 2 is 1.86 bits per heavy atom. The molecule has 13 heteroatoms. The third kappa shape index (κ3) is 11.4. The summed E-state index contributed by atoms with van der Waals surface area (Å²) in [6.07, 6.45) is 8.03. The van der Waals surface area contributed by atoms with Crippen LogP contribution in [-0.2, 0) is 48.0 Å². The van der Waals surface area contributed by atoms with Gasteiger partial charge in [0.25, 0.3) is 5.91 Å². The van der Waals surface area contributed by atoms with Crippen molar-refractivity contribution in [1.82, 2.24) is 25.2 Å². The molecule has 3 atom stereocenters. The molecule has 0 radical (unpaired) electrons. The van der Waals surface area contributed by atoms with Crippen LogP contribution in [-0.4, -0.2) is 102 Å². The van der Waals surface area contributed by atoms with Crippen molar-refractivity contribution >= 4 is 47.4 Å². The minimum Gasteiger partial charge on any atom is -0.508 e. The van der Waals surface area contributed by atoms with Crippen molar-refractivity contribution in [2.45, 2.75) is 98.9 Å². The number of ether oxygens (including phenoxy) is 2. The number of aliphatic imine (C=N–C) groups is 1. The van der Waals surface area contributed by atoms with E-state index in [1.165, 1.54) is 11.8 Å². The number of fused-ring (bicyclic) bond motifs is 1. The molecule has 0 bridgehead atoms. The Bertz CT molecular complexity index is 2010. The number of aromatic hydroxyl groups is 1. The van der Waals surface area contributed by atoms with Crippen molar-refractivity contribution < 1.29 is 33.8 Å². The number of carbonyl (C=O) groups excluding carboxylic acids is 4. The molecule has 2 heterocycles. The lowest BCUT2D eigenvalue weighted by Gasteiger charge is -2.33. The van der Waals surface area contributed by atoms with Crippen LogP contribution < -0.4 is 10.7 Å². The van der Waals surface area contributed by atoms with Crippen molar-refractivity contribution in [2.24, 2.45) is 16.3 Å². The van der Waals surface area contributed by atoms with Gasteiger partial charge in [0.15, 0.2) is 0 Å². The minimum absolute atomic E-state index is 0.0118. The number of rotatable bonds is 19. The summed E-state index contributed by atoms with van der Waals surface area (Å²) in [5, 5.41) is 16.6. The maximum absolute atomic E-state index is 14.0. The van der Waals surface area contributed by atoms with E-state index in [1.807, 2.05) is 39.0 Å². The smallest absolute Gasteiger partial charge is 0.302 e. The first kappa shape index (κ1) is 45.4. The highest BCUT2D eigenvalue weighted by Crippen LogP contribution is 2.37. The number of amides is 3. The third-order valence-electron chi connectivity index (χ3n) is 10.5. The molecular formula is C45H62N6O7. The predicted octanol–water partition coefficient (Wildman–Crippen LogP) is 6.07. The van der Waals surface area contributed by atoms with Gasteiger partial charge in [0.1, 0.15) is 17.8 Å². The number of nitrogens with one attached hydrogen (secondary N) is 2. The van der Waals surface area contributed by atoms with Gasteiger partial charge in [0, 0.05) is 75.4 Å². The van der Waals surface area contributed by atoms with E-state index in [4.69, 9.17) is 9.47 Å². The molecule has 13 nitrogen and oxygen atoms in total. The summed E-state index contributed by atoms with van der Waals surface area (Å²) in [4.78, 5) is 57.2. The first-order valence-electron chi connectivity index (χ1n) is 20.1. The van der Waals surface area contributed by atoms with E-state index in [2.05, 4.69) is 59.8 Å². The first-order valence-corrected chi connectivity index (χ1v) is 20.1. The highest BCUT2D eigenvalue weighted by atomic mass is 16.5. The fraction of sp³-hybridized carbons (Fsp3) is 0.489. The highest BCUT2D eigenvalue weighted by Gasteiger charge is 2.33. The Balaban J connectivity index is 1.86. The molecule has 1 aliphatic rings. The van der Waals surface area contributed by atoms with Crippen LogP contribution in [0.25, 0.3) is 28.1 Å². The molecule has 1 saturated heterocycles. The zero-order valence-electron chi connectivity index (χ0n) is 35.6. The molecule has 3 amide bonds. The molecule has 1 aliphatic heterocycles.